The van der Waals surface area contributed by atoms with E-state index in [4.69, 9.17) is 10.00 Å². The van der Waals surface area contributed by atoms with Crippen LogP contribution >= 0.6 is 0 Å². The summed E-state index contributed by atoms with van der Waals surface area (Å²) in [6, 6.07) is 5.49. The number of amides is 1. The highest BCUT2D eigenvalue weighted by molar-refractivity contribution is 5.93. The van der Waals surface area contributed by atoms with Crippen molar-refractivity contribution in [1.82, 2.24) is 9.88 Å². The summed E-state index contributed by atoms with van der Waals surface area (Å²) < 4.78 is 5.20. The second kappa shape index (κ2) is 5.47. The molecule has 1 fully saturated rings. The molecule has 1 N–H and O–H groups in total. The Balaban J connectivity index is 2.13. The minimum absolute atomic E-state index is 0.171. The van der Waals surface area contributed by atoms with E-state index in [2.05, 4.69) is 10.3 Å². The number of anilines is 1. The normalized spacial score (nSPS) is 19.1. The van der Waals surface area contributed by atoms with E-state index < -0.39 is 6.10 Å². The average Bonchev–Trinajstić information content (AvgIpc) is 2.46. The molecule has 1 saturated heterocycles. The third-order valence-electron chi connectivity index (χ3n) is 2.77. The molecule has 6 nitrogen and oxygen atoms in total. The van der Waals surface area contributed by atoms with Gasteiger partial charge < -0.3 is 15.0 Å². The maximum absolute atomic E-state index is 12.2. The van der Waals surface area contributed by atoms with E-state index in [-0.39, 0.29) is 5.91 Å². The van der Waals surface area contributed by atoms with Crippen LogP contribution in [0.15, 0.2) is 18.3 Å². The standard InChI is InChI=1S/C12H14N4O2/c1-14-9-2-3-15-11(6-9)12(17)16-4-5-18-10(7-13)8-16/h2-3,6,10H,4-5,8H2,1H3,(H,14,15). The van der Waals surface area contributed by atoms with Crippen molar-refractivity contribution in [2.75, 3.05) is 32.1 Å². The molecule has 1 atom stereocenters. The van der Waals surface area contributed by atoms with Gasteiger partial charge in [0.2, 0.25) is 0 Å². The maximum Gasteiger partial charge on any atom is 0.272 e. The SMILES string of the molecule is CNc1ccnc(C(=O)N2CCOC(C#N)C2)c1. The topological polar surface area (TPSA) is 78.2 Å². The number of ether oxygens (including phenoxy) is 1. The van der Waals surface area contributed by atoms with Crippen LogP contribution in [0.4, 0.5) is 5.69 Å². The monoisotopic (exact) mass is 246 g/mol. The van der Waals surface area contributed by atoms with Crippen molar-refractivity contribution < 1.29 is 9.53 Å². The number of hydrogen-bond acceptors (Lipinski definition) is 5. The lowest BCUT2D eigenvalue weighted by atomic mass is 10.2. The van der Waals surface area contributed by atoms with Gasteiger partial charge in [0.15, 0.2) is 6.10 Å². The van der Waals surface area contributed by atoms with Gasteiger partial charge in [-0.2, -0.15) is 5.26 Å². The first kappa shape index (κ1) is 12.3. The summed E-state index contributed by atoms with van der Waals surface area (Å²) in [5.41, 5.74) is 1.21. The molecule has 0 bridgehead atoms. The Morgan fingerprint density at radius 1 is 1.72 bits per heavy atom. The fraction of sp³-hybridized carbons (Fsp3) is 0.417. The van der Waals surface area contributed by atoms with E-state index in [0.29, 0.717) is 25.4 Å². The first-order valence-corrected chi connectivity index (χ1v) is 5.69. The molecule has 18 heavy (non-hydrogen) atoms. The highest BCUT2D eigenvalue weighted by Crippen LogP contribution is 2.12. The van der Waals surface area contributed by atoms with Gasteiger partial charge in [-0.1, -0.05) is 0 Å². The number of nitrogens with zero attached hydrogens (tertiary/aromatic N) is 3. The summed E-state index contributed by atoms with van der Waals surface area (Å²) in [7, 11) is 1.78. The Morgan fingerprint density at radius 2 is 2.56 bits per heavy atom. The molecule has 1 aliphatic heterocycles. The van der Waals surface area contributed by atoms with Gasteiger partial charge in [0, 0.05) is 25.5 Å². The van der Waals surface area contributed by atoms with Crippen LogP contribution in [0.2, 0.25) is 0 Å². The highest BCUT2D eigenvalue weighted by atomic mass is 16.5. The molecule has 0 saturated carbocycles. The average molecular weight is 246 g/mol. The van der Waals surface area contributed by atoms with Crippen LogP contribution in [0.5, 0.6) is 0 Å². The van der Waals surface area contributed by atoms with E-state index in [0.717, 1.165) is 5.69 Å². The molecule has 6 heteroatoms. The molecule has 1 aliphatic rings. The lowest BCUT2D eigenvalue weighted by Crippen LogP contribution is -2.45. The summed E-state index contributed by atoms with van der Waals surface area (Å²) in [6.07, 6.45) is 1.04. The molecule has 94 valence electrons. The number of nitriles is 1. The van der Waals surface area contributed by atoms with Crippen LogP contribution in [-0.2, 0) is 4.74 Å². The van der Waals surface area contributed by atoms with Crippen molar-refractivity contribution in [3.8, 4) is 6.07 Å². The zero-order chi connectivity index (χ0) is 13.0. The van der Waals surface area contributed by atoms with Crippen LogP contribution in [0.1, 0.15) is 10.5 Å². The summed E-state index contributed by atoms with van der Waals surface area (Å²) in [5.74, 6) is -0.171. The molecule has 0 radical (unpaired) electrons. The van der Waals surface area contributed by atoms with Gasteiger partial charge in [-0.3, -0.25) is 9.78 Å². The number of carbonyl (C=O) groups is 1. The fourth-order valence-electron chi connectivity index (χ4n) is 1.78. The van der Waals surface area contributed by atoms with Gasteiger partial charge in [-0.25, -0.2) is 0 Å². The van der Waals surface area contributed by atoms with E-state index in [1.165, 1.54) is 0 Å². The Labute approximate surface area is 105 Å². The summed E-state index contributed by atoms with van der Waals surface area (Å²) in [6.45, 7) is 1.17. The molecule has 0 aromatic carbocycles. The van der Waals surface area contributed by atoms with Gasteiger partial charge in [0.05, 0.1) is 19.2 Å². The van der Waals surface area contributed by atoms with Crippen LogP contribution in [-0.4, -0.2) is 48.6 Å². The molecule has 0 spiro atoms. The van der Waals surface area contributed by atoms with E-state index in [1.807, 2.05) is 6.07 Å². The van der Waals surface area contributed by atoms with E-state index in [9.17, 15) is 4.79 Å². The lowest BCUT2D eigenvalue weighted by molar-refractivity contribution is 0.00320. The second-order valence-electron chi connectivity index (χ2n) is 3.92. The number of rotatable bonds is 2. The Kier molecular flexibility index (Phi) is 3.75. The van der Waals surface area contributed by atoms with Crippen LogP contribution < -0.4 is 5.32 Å². The smallest absolute Gasteiger partial charge is 0.272 e. The van der Waals surface area contributed by atoms with Crippen molar-refractivity contribution >= 4 is 11.6 Å². The Hall–Kier alpha value is -2.13. The molecule has 1 aromatic heterocycles. The third-order valence-corrected chi connectivity index (χ3v) is 2.77. The molecule has 1 amide bonds. The second-order valence-corrected chi connectivity index (χ2v) is 3.92. The largest absolute Gasteiger partial charge is 0.388 e. The highest BCUT2D eigenvalue weighted by Gasteiger charge is 2.25. The first-order chi connectivity index (χ1) is 8.74. The molecular formula is C12H14N4O2. The van der Waals surface area contributed by atoms with Gasteiger partial charge in [0.1, 0.15) is 5.69 Å². The minimum Gasteiger partial charge on any atom is -0.388 e. The van der Waals surface area contributed by atoms with Crippen molar-refractivity contribution in [3.05, 3.63) is 24.0 Å². The lowest BCUT2D eigenvalue weighted by Gasteiger charge is -2.29. The number of nitrogens with one attached hydrogen (secondary N) is 1. The first-order valence-electron chi connectivity index (χ1n) is 5.69. The zero-order valence-electron chi connectivity index (χ0n) is 10.1. The fourth-order valence-corrected chi connectivity index (χ4v) is 1.78. The van der Waals surface area contributed by atoms with Crippen LogP contribution in [0.25, 0.3) is 0 Å². The molecule has 2 heterocycles. The quantitative estimate of drug-likeness (QED) is 0.821. The van der Waals surface area contributed by atoms with Gasteiger partial charge in [0.25, 0.3) is 5.91 Å². The Morgan fingerprint density at radius 3 is 3.28 bits per heavy atom. The van der Waals surface area contributed by atoms with Crippen molar-refractivity contribution in [2.24, 2.45) is 0 Å². The molecular weight excluding hydrogens is 232 g/mol. The van der Waals surface area contributed by atoms with Crippen molar-refractivity contribution in [1.29, 1.82) is 5.26 Å². The van der Waals surface area contributed by atoms with Crippen LogP contribution in [0.3, 0.4) is 0 Å². The number of morpholine rings is 1. The van der Waals surface area contributed by atoms with Crippen molar-refractivity contribution in [3.63, 3.8) is 0 Å². The molecule has 1 unspecified atom stereocenters. The summed E-state index contributed by atoms with van der Waals surface area (Å²) >= 11 is 0. The molecule has 2 rings (SSSR count). The maximum atomic E-state index is 12.2. The molecule has 1 aromatic rings. The van der Waals surface area contributed by atoms with Gasteiger partial charge in [-0.05, 0) is 12.1 Å². The molecule has 0 aliphatic carbocycles. The zero-order valence-corrected chi connectivity index (χ0v) is 10.1. The van der Waals surface area contributed by atoms with Gasteiger partial charge >= 0.3 is 0 Å². The predicted octanol–water partition coefficient (Wildman–Crippen LogP) is 0.488. The van der Waals surface area contributed by atoms with Crippen molar-refractivity contribution in [2.45, 2.75) is 6.10 Å². The number of pyridine rings is 1. The minimum atomic E-state index is -0.546. The summed E-state index contributed by atoms with van der Waals surface area (Å²) in [5, 5.41) is 11.8. The van der Waals surface area contributed by atoms with E-state index in [1.54, 1.807) is 30.3 Å². The van der Waals surface area contributed by atoms with Gasteiger partial charge in [-0.15, -0.1) is 0 Å². The van der Waals surface area contributed by atoms with E-state index >= 15 is 0 Å². The number of aromatic nitrogens is 1. The summed E-state index contributed by atoms with van der Waals surface area (Å²) in [4.78, 5) is 17.9. The Bertz CT molecular complexity index is 483. The van der Waals surface area contributed by atoms with Crippen LogP contribution in [0, 0.1) is 11.3 Å². The predicted molar refractivity (Wildman–Crippen MR) is 65.0 cm³/mol. The number of hydrogen-bond donors (Lipinski definition) is 1. The third kappa shape index (κ3) is 2.57. The number of carbonyl (C=O) groups excluding carboxylic acids is 1.